The van der Waals surface area contributed by atoms with Crippen LogP contribution in [0, 0.1) is 0 Å². The summed E-state index contributed by atoms with van der Waals surface area (Å²) in [6.07, 6.45) is 0.851. The van der Waals surface area contributed by atoms with E-state index in [2.05, 4.69) is 10.1 Å². The van der Waals surface area contributed by atoms with Crippen LogP contribution in [-0.4, -0.2) is 18.4 Å². The van der Waals surface area contributed by atoms with Crippen LogP contribution in [0.25, 0.3) is 0 Å². The van der Waals surface area contributed by atoms with Gasteiger partial charge in [0, 0.05) is 18.0 Å². The van der Waals surface area contributed by atoms with Crippen LogP contribution in [0.3, 0.4) is 0 Å². The van der Waals surface area contributed by atoms with Crippen LogP contribution in [0.2, 0.25) is 5.02 Å². The molecule has 18 heavy (non-hydrogen) atoms. The largest absolute Gasteiger partial charge is 0.433 e. The molecule has 0 unspecified atom stereocenters. The molecule has 100 valence electrons. The van der Waals surface area contributed by atoms with Crippen molar-refractivity contribution in [1.29, 1.82) is 0 Å². The van der Waals surface area contributed by atoms with Crippen molar-refractivity contribution < 1.29 is 18.3 Å². The highest BCUT2D eigenvalue weighted by atomic mass is 35.5. The minimum Gasteiger partial charge on any atom is -0.433 e. The molecule has 0 spiro atoms. The predicted octanol–water partition coefficient (Wildman–Crippen LogP) is 3.90. The van der Waals surface area contributed by atoms with Crippen molar-refractivity contribution in [3.8, 4) is 5.75 Å². The van der Waals surface area contributed by atoms with Crippen molar-refractivity contribution in [2.24, 2.45) is 0 Å². The third-order valence-electron chi connectivity index (χ3n) is 1.97. The lowest BCUT2D eigenvalue weighted by Gasteiger charge is -2.09. The van der Waals surface area contributed by atoms with Gasteiger partial charge in [-0.2, -0.15) is 8.78 Å². The fourth-order valence-corrected chi connectivity index (χ4v) is 1.58. The van der Waals surface area contributed by atoms with Gasteiger partial charge in [0.05, 0.1) is 5.02 Å². The highest BCUT2D eigenvalue weighted by Gasteiger charge is 2.10. The molecule has 1 amide bonds. The summed E-state index contributed by atoms with van der Waals surface area (Å²) in [5, 5.41) is 2.58. The summed E-state index contributed by atoms with van der Waals surface area (Å²) in [4.78, 5) is 11.4. The Morgan fingerprint density at radius 2 is 2.17 bits per heavy atom. The van der Waals surface area contributed by atoms with Gasteiger partial charge in [-0.3, -0.25) is 4.79 Å². The number of ether oxygens (including phenoxy) is 1. The van der Waals surface area contributed by atoms with Crippen molar-refractivity contribution >= 4 is 34.8 Å². The number of anilines is 1. The normalized spacial score (nSPS) is 10.5. The maximum absolute atomic E-state index is 12.0. The van der Waals surface area contributed by atoms with Gasteiger partial charge in [-0.05, 0) is 24.6 Å². The minimum absolute atomic E-state index is 0.00504. The third kappa shape index (κ3) is 5.06. The number of alkyl halides is 3. The molecule has 0 atom stereocenters. The van der Waals surface area contributed by atoms with Gasteiger partial charge in [-0.1, -0.05) is 11.6 Å². The zero-order valence-corrected chi connectivity index (χ0v) is 10.8. The Morgan fingerprint density at radius 1 is 1.44 bits per heavy atom. The average Bonchev–Trinajstić information content (AvgIpc) is 2.29. The molecule has 0 saturated carbocycles. The second-order valence-electron chi connectivity index (χ2n) is 3.36. The van der Waals surface area contributed by atoms with Crippen LogP contribution < -0.4 is 10.1 Å². The van der Waals surface area contributed by atoms with Crippen molar-refractivity contribution in [2.75, 3.05) is 11.2 Å². The molecule has 0 heterocycles. The van der Waals surface area contributed by atoms with E-state index in [4.69, 9.17) is 23.2 Å². The molecule has 0 fully saturated rings. The smallest absolute Gasteiger partial charge is 0.387 e. The van der Waals surface area contributed by atoms with Crippen LogP contribution in [0.1, 0.15) is 12.8 Å². The molecule has 0 saturated heterocycles. The van der Waals surface area contributed by atoms with Gasteiger partial charge in [-0.25, -0.2) is 0 Å². The third-order valence-corrected chi connectivity index (χ3v) is 2.53. The number of amides is 1. The first-order valence-corrected chi connectivity index (χ1v) is 6.04. The van der Waals surface area contributed by atoms with E-state index in [9.17, 15) is 13.6 Å². The Labute approximate surface area is 113 Å². The van der Waals surface area contributed by atoms with Gasteiger partial charge in [-0.15, -0.1) is 11.6 Å². The van der Waals surface area contributed by atoms with Crippen LogP contribution in [0.15, 0.2) is 18.2 Å². The molecule has 7 heteroatoms. The summed E-state index contributed by atoms with van der Waals surface area (Å²) in [6.45, 7) is -2.94. The first-order valence-electron chi connectivity index (χ1n) is 5.13. The van der Waals surface area contributed by atoms with Crippen molar-refractivity contribution in [2.45, 2.75) is 19.5 Å². The molecule has 0 aliphatic carbocycles. The van der Waals surface area contributed by atoms with E-state index >= 15 is 0 Å². The Balaban J connectivity index is 2.63. The number of hydrogen-bond acceptors (Lipinski definition) is 2. The molecule has 0 aromatic heterocycles. The molecular formula is C11H11Cl2F2NO2. The number of halogens is 4. The lowest BCUT2D eigenvalue weighted by atomic mass is 10.2. The van der Waals surface area contributed by atoms with E-state index in [1.165, 1.54) is 18.2 Å². The highest BCUT2D eigenvalue weighted by molar-refractivity contribution is 6.32. The van der Waals surface area contributed by atoms with Gasteiger partial charge in [0.25, 0.3) is 0 Å². The summed E-state index contributed by atoms with van der Waals surface area (Å²) >= 11 is 11.2. The number of benzene rings is 1. The fraction of sp³-hybridized carbons (Fsp3) is 0.364. The summed E-state index contributed by atoms with van der Waals surface area (Å²) in [7, 11) is 0. The molecule has 1 rings (SSSR count). The van der Waals surface area contributed by atoms with Gasteiger partial charge in [0.2, 0.25) is 5.91 Å². The van der Waals surface area contributed by atoms with Gasteiger partial charge in [0.1, 0.15) is 5.75 Å². The fourth-order valence-electron chi connectivity index (χ4n) is 1.22. The van der Waals surface area contributed by atoms with E-state index in [0.717, 1.165) is 0 Å². The number of hydrogen-bond donors (Lipinski definition) is 1. The van der Waals surface area contributed by atoms with E-state index in [1.54, 1.807) is 0 Å². The molecule has 0 aliphatic rings. The zero-order chi connectivity index (χ0) is 13.5. The Hall–Kier alpha value is -1.07. The van der Waals surface area contributed by atoms with E-state index in [1.807, 2.05) is 0 Å². The molecule has 0 radical (unpaired) electrons. The Bertz CT molecular complexity index is 416. The second kappa shape index (κ2) is 7.38. The first kappa shape index (κ1) is 15.0. The monoisotopic (exact) mass is 297 g/mol. The predicted molar refractivity (Wildman–Crippen MR) is 66.7 cm³/mol. The molecule has 3 nitrogen and oxygen atoms in total. The van der Waals surface area contributed by atoms with Crippen molar-refractivity contribution in [1.82, 2.24) is 0 Å². The summed E-state index contributed by atoms with van der Waals surface area (Å²) in [5.74, 6) is 0.0506. The van der Waals surface area contributed by atoms with Crippen LogP contribution >= 0.6 is 23.2 Å². The molecule has 1 aromatic rings. The van der Waals surface area contributed by atoms with Crippen molar-refractivity contribution in [3.63, 3.8) is 0 Å². The van der Waals surface area contributed by atoms with Crippen LogP contribution in [-0.2, 0) is 4.79 Å². The lowest BCUT2D eigenvalue weighted by Crippen LogP contribution is -2.11. The lowest BCUT2D eigenvalue weighted by molar-refractivity contribution is -0.116. The van der Waals surface area contributed by atoms with Gasteiger partial charge >= 0.3 is 6.61 Å². The zero-order valence-electron chi connectivity index (χ0n) is 9.26. The Morgan fingerprint density at radius 3 is 2.72 bits per heavy atom. The second-order valence-corrected chi connectivity index (χ2v) is 4.15. The maximum atomic E-state index is 12.0. The number of carbonyl (C=O) groups excluding carboxylic acids is 1. The maximum Gasteiger partial charge on any atom is 0.387 e. The highest BCUT2D eigenvalue weighted by Crippen LogP contribution is 2.28. The van der Waals surface area contributed by atoms with E-state index in [0.29, 0.717) is 18.0 Å². The van der Waals surface area contributed by atoms with Crippen molar-refractivity contribution in [3.05, 3.63) is 23.2 Å². The molecule has 1 aromatic carbocycles. The molecular weight excluding hydrogens is 287 g/mol. The summed E-state index contributed by atoms with van der Waals surface area (Å²) < 4.78 is 28.1. The Kier molecular flexibility index (Phi) is 6.15. The first-order chi connectivity index (χ1) is 8.52. The molecule has 0 aliphatic heterocycles. The van der Waals surface area contributed by atoms with Crippen LogP contribution in [0.5, 0.6) is 5.75 Å². The average molecular weight is 298 g/mol. The van der Waals surface area contributed by atoms with Crippen LogP contribution in [0.4, 0.5) is 14.5 Å². The topological polar surface area (TPSA) is 38.3 Å². The number of rotatable bonds is 6. The SMILES string of the molecule is O=C(CCCCl)Nc1ccc(OC(F)F)c(Cl)c1. The standard InChI is InChI=1S/C11H11Cl2F2NO2/c12-5-1-2-10(17)16-7-3-4-9(8(13)6-7)18-11(14)15/h3-4,6,11H,1-2,5H2,(H,16,17). The minimum atomic E-state index is -2.94. The molecule has 1 N–H and O–H groups in total. The van der Waals surface area contributed by atoms with E-state index < -0.39 is 6.61 Å². The quantitative estimate of drug-likeness (QED) is 0.809. The summed E-state index contributed by atoms with van der Waals surface area (Å²) in [5.41, 5.74) is 0.418. The van der Waals surface area contributed by atoms with Gasteiger partial charge < -0.3 is 10.1 Å². The summed E-state index contributed by atoms with van der Waals surface area (Å²) in [6, 6.07) is 4.05. The number of nitrogens with one attached hydrogen (secondary N) is 1. The van der Waals surface area contributed by atoms with E-state index in [-0.39, 0.29) is 23.1 Å². The number of carbonyl (C=O) groups is 1. The van der Waals surface area contributed by atoms with Gasteiger partial charge in [0.15, 0.2) is 0 Å². The molecule has 0 bridgehead atoms.